The molecule has 0 N–H and O–H groups in total. The van der Waals surface area contributed by atoms with Crippen LogP contribution in [-0.4, -0.2) is 65.9 Å². The van der Waals surface area contributed by atoms with Crippen molar-refractivity contribution in [3.8, 4) is 0 Å². The molecule has 2 fully saturated rings. The molecule has 0 bridgehead atoms. The van der Waals surface area contributed by atoms with E-state index in [1.807, 2.05) is 0 Å². The van der Waals surface area contributed by atoms with Gasteiger partial charge >= 0.3 is 0 Å². The molecule has 3 aliphatic rings. The first-order valence-electron chi connectivity index (χ1n) is 9.45. The smallest absolute Gasteiger partial charge is 0.262 e. The molecule has 0 radical (unpaired) electrons. The number of aldehydes is 1. The lowest BCUT2D eigenvalue weighted by Crippen LogP contribution is -2.54. The molecule has 1 unspecified atom stereocenters. The fourth-order valence-corrected chi connectivity index (χ4v) is 4.16. The Morgan fingerprint density at radius 1 is 0.964 bits per heavy atom. The number of amides is 4. The van der Waals surface area contributed by atoms with Gasteiger partial charge < -0.3 is 9.69 Å². The summed E-state index contributed by atoms with van der Waals surface area (Å²) in [6.07, 6.45) is 2.78. The zero-order chi connectivity index (χ0) is 20.0. The Morgan fingerprint density at radius 2 is 1.64 bits per heavy atom. The maximum Gasteiger partial charge on any atom is 0.262 e. The van der Waals surface area contributed by atoms with E-state index in [4.69, 9.17) is 0 Å². The molecule has 0 aromatic heterocycles. The fraction of sp³-hybridized carbons (Fsp3) is 0.450. The van der Waals surface area contributed by atoms with Gasteiger partial charge in [0.05, 0.1) is 11.1 Å². The Morgan fingerprint density at radius 3 is 2.32 bits per heavy atom. The van der Waals surface area contributed by atoms with Crippen LogP contribution in [0.3, 0.4) is 0 Å². The molecular formula is C20H21N3O5. The van der Waals surface area contributed by atoms with Crippen molar-refractivity contribution in [2.75, 3.05) is 25.0 Å². The van der Waals surface area contributed by atoms with Gasteiger partial charge in [0.25, 0.3) is 17.7 Å². The van der Waals surface area contributed by atoms with Gasteiger partial charge in [-0.05, 0) is 37.5 Å². The molecule has 0 aliphatic carbocycles. The van der Waals surface area contributed by atoms with E-state index in [0.717, 1.165) is 34.6 Å². The average Bonchev–Trinajstić information content (AvgIpc) is 2.96. The number of benzene rings is 1. The van der Waals surface area contributed by atoms with Crippen molar-refractivity contribution in [2.24, 2.45) is 5.92 Å². The van der Waals surface area contributed by atoms with Gasteiger partial charge in [0.2, 0.25) is 5.91 Å². The van der Waals surface area contributed by atoms with E-state index in [9.17, 15) is 24.0 Å². The molecule has 146 valence electrons. The zero-order valence-electron chi connectivity index (χ0n) is 15.6. The van der Waals surface area contributed by atoms with Crippen LogP contribution < -0.4 is 4.90 Å². The van der Waals surface area contributed by atoms with E-state index in [2.05, 4.69) is 4.90 Å². The van der Waals surface area contributed by atoms with Gasteiger partial charge in [-0.15, -0.1) is 0 Å². The molecule has 0 saturated carbocycles. The number of anilines is 1. The van der Waals surface area contributed by atoms with Crippen LogP contribution in [0.15, 0.2) is 18.2 Å². The van der Waals surface area contributed by atoms with E-state index in [0.29, 0.717) is 13.1 Å². The van der Waals surface area contributed by atoms with Crippen LogP contribution in [-0.2, 0) is 14.4 Å². The number of imide groups is 2. The highest BCUT2D eigenvalue weighted by Crippen LogP contribution is 2.32. The number of piperidine rings is 2. The van der Waals surface area contributed by atoms with Crippen LogP contribution in [0.25, 0.3) is 0 Å². The quantitative estimate of drug-likeness (QED) is 0.567. The number of likely N-dealkylation sites (tertiary alicyclic amines) is 1. The molecule has 1 aromatic carbocycles. The first-order chi connectivity index (χ1) is 13.4. The highest BCUT2D eigenvalue weighted by Gasteiger charge is 2.46. The maximum absolute atomic E-state index is 13.0. The van der Waals surface area contributed by atoms with Crippen molar-refractivity contribution in [3.63, 3.8) is 0 Å². The summed E-state index contributed by atoms with van der Waals surface area (Å²) in [5, 5.41) is 0. The number of hydrogen-bond acceptors (Lipinski definition) is 6. The van der Waals surface area contributed by atoms with Gasteiger partial charge in [0, 0.05) is 38.2 Å². The summed E-state index contributed by atoms with van der Waals surface area (Å²) in [7, 11) is 1.37. The lowest BCUT2D eigenvalue weighted by Gasteiger charge is -2.32. The Balaban J connectivity index is 1.59. The van der Waals surface area contributed by atoms with E-state index in [1.54, 1.807) is 18.2 Å². The summed E-state index contributed by atoms with van der Waals surface area (Å²) in [5.74, 6) is -1.75. The summed E-state index contributed by atoms with van der Waals surface area (Å²) in [6.45, 7) is 1.42. The Kier molecular flexibility index (Phi) is 4.49. The van der Waals surface area contributed by atoms with Gasteiger partial charge in [-0.2, -0.15) is 0 Å². The molecule has 2 saturated heterocycles. The molecule has 4 amide bonds. The van der Waals surface area contributed by atoms with Crippen molar-refractivity contribution in [1.82, 2.24) is 9.80 Å². The number of rotatable bonds is 3. The van der Waals surface area contributed by atoms with Gasteiger partial charge in [-0.3, -0.25) is 29.0 Å². The molecule has 3 aliphatic heterocycles. The Hall–Kier alpha value is -3.03. The minimum atomic E-state index is -0.943. The summed E-state index contributed by atoms with van der Waals surface area (Å²) in [6, 6.07) is 4.17. The minimum Gasteiger partial charge on any atom is -0.371 e. The lowest BCUT2D eigenvalue weighted by molar-refractivity contribution is -0.149. The van der Waals surface area contributed by atoms with Crippen molar-refractivity contribution in [1.29, 1.82) is 0 Å². The monoisotopic (exact) mass is 383 g/mol. The number of hydrogen-bond donors (Lipinski definition) is 0. The molecule has 1 atom stereocenters. The summed E-state index contributed by atoms with van der Waals surface area (Å²) < 4.78 is 0. The Bertz CT molecular complexity index is 888. The van der Waals surface area contributed by atoms with E-state index < -0.39 is 23.8 Å². The average molecular weight is 383 g/mol. The molecule has 0 spiro atoms. The molecule has 8 nitrogen and oxygen atoms in total. The van der Waals surface area contributed by atoms with Crippen molar-refractivity contribution in [2.45, 2.75) is 31.7 Å². The fourth-order valence-electron chi connectivity index (χ4n) is 4.16. The second-order valence-electron chi connectivity index (χ2n) is 7.52. The topological polar surface area (TPSA) is 95.1 Å². The first kappa shape index (κ1) is 18.3. The molecule has 8 heteroatoms. The number of fused-ring (bicyclic) bond motifs is 1. The maximum atomic E-state index is 13.0. The molecule has 1 aromatic rings. The largest absolute Gasteiger partial charge is 0.371 e. The standard InChI is InChI=1S/C20H21N3O5/c1-21-17(25)5-4-16(20(21)28)23-18(26)14-3-2-13(10-15(14)19(23)27)22-8-6-12(11-24)7-9-22/h2-3,10-12,16H,4-9H2,1H3. The Labute approximate surface area is 162 Å². The van der Waals surface area contributed by atoms with Gasteiger partial charge in [0.1, 0.15) is 12.3 Å². The third-order valence-corrected chi connectivity index (χ3v) is 5.93. The summed E-state index contributed by atoms with van der Waals surface area (Å²) in [4.78, 5) is 64.9. The van der Waals surface area contributed by atoms with Gasteiger partial charge in [-0.25, -0.2) is 0 Å². The second-order valence-corrected chi connectivity index (χ2v) is 7.52. The second kappa shape index (κ2) is 6.85. The predicted octanol–water partition coefficient (Wildman–Crippen LogP) is 0.845. The first-order valence-corrected chi connectivity index (χ1v) is 9.45. The van der Waals surface area contributed by atoms with Crippen LogP contribution in [0, 0.1) is 5.92 Å². The van der Waals surface area contributed by atoms with Crippen LogP contribution in [0.5, 0.6) is 0 Å². The number of nitrogens with zero attached hydrogens (tertiary/aromatic N) is 3. The van der Waals surface area contributed by atoms with Crippen molar-refractivity contribution in [3.05, 3.63) is 29.3 Å². The van der Waals surface area contributed by atoms with E-state index >= 15 is 0 Å². The number of carbonyl (C=O) groups excluding carboxylic acids is 5. The summed E-state index contributed by atoms with van der Waals surface area (Å²) in [5.41, 5.74) is 1.39. The third kappa shape index (κ3) is 2.80. The van der Waals surface area contributed by atoms with Crippen molar-refractivity contribution >= 4 is 35.6 Å². The lowest BCUT2D eigenvalue weighted by atomic mass is 9.97. The van der Waals surface area contributed by atoms with Crippen LogP contribution in [0.1, 0.15) is 46.4 Å². The molecule has 4 rings (SSSR count). The molecule has 3 heterocycles. The number of likely N-dealkylation sites (N-methyl/N-ethyl adjacent to an activating group) is 1. The van der Waals surface area contributed by atoms with Crippen molar-refractivity contribution < 1.29 is 24.0 Å². The zero-order valence-corrected chi connectivity index (χ0v) is 15.6. The van der Waals surface area contributed by atoms with Gasteiger partial charge in [0.15, 0.2) is 0 Å². The minimum absolute atomic E-state index is 0.0707. The van der Waals surface area contributed by atoms with Gasteiger partial charge in [-0.1, -0.05) is 0 Å². The van der Waals surface area contributed by atoms with Crippen LogP contribution in [0.2, 0.25) is 0 Å². The third-order valence-electron chi connectivity index (χ3n) is 5.93. The molecular weight excluding hydrogens is 362 g/mol. The van der Waals surface area contributed by atoms with E-state index in [1.165, 1.54) is 7.05 Å². The normalized spacial score (nSPS) is 23.5. The van der Waals surface area contributed by atoms with Crippen LogP contribution >= 0.6 is 0 Å². The van der Waals surface area contributed by atoms with E-state index in [-0.39, 0.29) is 35.8 Å². The predicted molar refractivity (Wildman–Crippen MR) is 98.7 cm³/mol. The summed E-state index contributed by atoms with van der Waals surface area (Å²) >= 11 is 0. The highest BCUT2D eigenvalue weighted by atomic mass is 16.2. The van der Waals surface area contributed by atoms with Crippen LogP contribution in [0.4, 0.5) is 5.69 Å². The SMILES string of the molecule is CN1C(=O)CCC(N2C(=O)c3ccc(N4CCC(C=O)CC4)cc3C2=O)C1=O. The number of carbonyl (C=O) groups is 5. The molecule has 28 heavy (non-hydrogen) atoms. The highest BCUT2D eigenvalue weighted by molar-refractivity contribution is 6.23.